The van der Waals surface area contributed by atoms with E-state index in [1.54, 1.807) is 0 Å². The summed E-state index contributed by atoms with van der Waals surface area (Å²) < 4.78 is 0. The van der Waals surface area contributed by atoms with Crippen molar-refractivity contribution in [3.63, 3.8) is 0 Å². The number of hydrogen-bond donors (Lipinski definition) is 2. The van der Waals surface area contributed by atoms with Crippen LogP contribution in [-0.2, 0) is 0 Å². The van der Waals surface area contributed by atoms with Gasteiger partial charge in [0, 0.05) is 6.04 Å². The third-order valence-corrected chi connectivity index (χ3v) is 2.30. The first kappa shape index (κ1) is 7.32. The lowest BCUT2D eigenvalue weighted by molar-refractivity contribution is 0.134. The van der Waals surface area contributed by atoms with Gasteiger partial charge < -0.3 is 10.4 Å². The number of hydrogen-bond acceptors (Lipinski definition) is 2. The van der Waals surface area contributed by atoms with Gasteiger partial charge in [-0.2, -0.15) is 0 Å². The van der Waals surface area contributed by atoms with E-state index >= 15 is 0 Å². The molecule has 1 saturated heterocycles. The van der Waals surface area contributed by atoms with E-state index in [0.717, 1.165) is 18.9 Å². The van der Waals surface area contributed by atoms with Crippen molar-refractivity contribution in [3.8, 4) is 0 Å². The van der Waals surface area contributed by atoms with Crippen molar-refractivity contribution in [1.82, 2.24) is 5.32 Å². The highest BCUT2D eigenvalue weighted by molar-refractivity contribution is 5.85. The molecule has 0 unspecified atom stereocenters. The van der Waals surface area contributed by atoms with Gasteiger partial charge in [0.05, 0.1) is 6.10 Å². The molecule has 1 aliphatic heterocycles. The Morgan fingerprint density at radius 2 is 2.11 bits per heavy atom. The van der Waals surface area contributed by atoms with Gasteiger partial charge in [-0.3, -0.25) is 0 Å². The zero-order valence-electron chi connectivity index (χ0n) is 5.21. The van der Waals surface area contributed by atoms with Crippen molar-refractivity contribution < 1.29 is 5.11 Å². The molecule has 1 aliphatic carbocycles. The first-order chi connectivity index (χ1) is 3.86. The molecule has 3 heteroatoms. The van der Waals surface area contributed by atoms with Crippen LogP contribution < -0.4 is 5.32 Å². The standard InChI is InChI=1S/C6H11NO.ClH/c8-6-2-4-1-5(6)7-3-4;/h4-8H,1-3H2;1H/t4-,5+,6+;/m0./s1. The number of nitrogens with one attached hydrogen (secondary N) is 1. The Bertz CT molecular complexity index is 107. The van der Waals surface area contributed by atoms with E-state index in [-0.39, 0.29) is 18.5 Å². The minimum atomic E-state index is -0.0336. The molecule has 1 saturated carbocycles. The van der Waals surface area contributed by atoms with Crippen molar-refractivity contribution in [1.29, 1.82) is 0 Å². The molecule has 2 aliphatic rings. The fourth-order valence-corrected chi connectivity index (χ4v) is 1.82. The minimum Gasteiger partial charge on any atom is -0.391 e. The molecule has 2 nitrogen and oxygen atoms in total. The first-order valence-corrected chi connectivity index (χ1v) is 3.28. The molecule has 0 aromatic heterocycles. The summed E-state index contributed by atoms with van der Waals surface area (Å²) in [5.41, 5.74) is 0. The molecule has 3 atom stereocenters. The summed E-state index contributed by atoms with van der Waals surface area (Å²) in [4.78, 5) is 0. The van der Waals surface area contributed by atoms with Crippen LogP contribution in [0.25, 0.3) is 0 Å². The Hall–Kier alpha value is 0.210. The lowest BCUT2D eigenvalue weighted by Crippen LogP contribution is -2.36. The van der Waals surface area contributed by atoms with Crippen LogP contribution in [0.1, 0.15) is 12.8 Å². The normalized spacial score (nSPS) is 47.0. The van der Waals surface area contributed by atoms with E-state index < -0.39 is 0 Å². The summed E-state index contributed by atoms with van der Waals surface area (Å²) in [6.45, 7) is 1.14. The zero-order valence-corrected chi connectivity index (χ0v) is 6.03. The van der Waals surface area contributed by atoms with Crippen molar-refractivity contribution in [2.45, 2.75) is 25.0 Å². The van der Waals surface area contributed by atoms with Crippen LogP contribution in [-0.4, -0.2) is 23.8 Å². The predicted octanol–water partition coefficient (Wildman–Crippen LogP) is 0.151. The maximum Gasteiger partial charge on any atom is 0.0696 e. The fraction of sp³-hybridized carbons (Fsp3) is 1.00. The molecule has 0 aromatic rings. The monoisotopic (exact) mass is 149 g/mol. The molecular weight excluding hydrogens is 138 g/mol. The highest BCUT2D eigenvalue weighted by Crippen LogP contribution is 2.30. The van der Waals surface area contributed by atoms with E-state index in [0.29, 0.717) is 6.04 Å². The molecule has 0 aromatic carbocycles. The van der Waals surface area contributed by atoms with Crippen molar-refractivity contribution in [2.75, 3.05) is 6.54 Å². The summed E-state index contributed by atoms with van der Waals surface area (Å²) in [5.74, 6) is 0.787. The fourth-order valence-electron chi connectivity index (χ4n) is 1.82. The number of aliphatic hydroxyl groups excluding tert-OH is 1. The van der Waals surface area contributed by atoms with Crippen LogP contribution in [0.5, 0.6) is 0 Å². The molecule has 0 radical (unpaired) electrons. The molecule has 2 N–H and O–H groups in total. The lowest BCUT2D eigenvalue weighted by Gasteiger charge is -2.16. The van der Waals surface area contributed by atoms with Gasteiger partial charge >= 0.3 is 0 Å². The van der Waals surface area contributed by atoms with E-state index in [2.05, 4.69) is 5.32 Å². The number of aliphatic hydroxyl groups is 1. The third-order valence-electron chi connectivity index (χ3n) is 2.30. The highest BCUT2D eigenvalue weighted by atomic mass is 35.5. The van der Waals surface area contributed by atoms with E-state index in [1.807, 2.05) is 0 Å². The molecule has 2 bridgehead atoms. The van der Waals surface area contributed by atoms with Crippen LogP contribution in [0, 0.1) is 5.92 Å². The van der Waals surface area contributed by atoms with Gasteiger partial charge in [0.15, 0.2) is 0 Å². The van der Waals surface area contributed by atoms with E-state index in [9.17, 15) is 0 Å². The largest absolute Gasteiger partial charge is 0.391 e. The SMILES string of the molecule is Cl.O[C@@H]1C[C@H]2CN[C@@H]1C2. The molecule has 0 spiro atoms. The molecular formula is C6H12ClNO. The Morgan fingerprint density at radius 1 is 1.33 bits per heavy atom. The highest BCUT2D eigenvalue weighted by Gasteiger charge is 2.37. The van der Waals surface area contributed by atoms with E-state index in [1.165, 1.54) is 6.42 Å². The number of fused-ring (bicyclic) bond motifs is 2. The molecule has 2 rings (SSSR count). The Morgan fingerprint density at radius 3 is 2.33 bits per heavy atom. The van der Waals surface area contributed by atoms with E-state index in [4.69, 9.17) is 5.11 Å². The maximum atomic E-state index is 9.16. The smallest absolute Gasteiger partial charge is 0.0696 e. The zero-order chi connectivity index (χ0) is 5.56. The quantitative estimate of drug-likeness (QED) is 0.514. The maximum absolute atomic E-state index is 9.16. The second-order valence-corrected chi connectivity index (χ2v) is 2.92. The molecule has 9 heavy (non-hydrogen) atoms. The van der Waals surface area contributed by atoms with Crippen LogP contribution in [0.15, 0.2) is 0 Å². The van der Waals surface area contributed by atoms with Gasteiger partial charge in [-0.25, -0.2) is 0 Å². The molecule has 54 valence electrons. The summed E-state index contributed by atoms with van der Waals surface area (Å²) in [7, 11) is 0. The van der Waals surface area contributed by atoms with Gasteiger partial charge in [-0.05, 0) is 25.3 Å². The van der Waals surface area contributed by atoms with Gasteiger partial charge in [-0.1, -0.05) is 0 Å². The molecule has 0 amide bonds. The van der Waals surface area contributed by atoms with Crippen LogP contribution in [0.4, 0.5) is 0 Å². The van der Waals surface area contributed by atoms with Crippen molar-refractivity contribution in [2.24, 2.45) is 5.92 Å². The second-order valence-electron chi connectivity index (χ2n) is 2.92. The molecule has 2 fully saturated rings. The lowest BCUT2D eigenvalue weighted by atomic mass is 10.1. The summed E-state index contributed by atoms with van der Waals surface area (Å²) in [5, 5.41) is 12.4. The Balaban J connectivity index is 0.000000405. The van der Waals surface area contributed by atoms with Crippen molar-refractivity contribution in [3.05, 3.63) is 0 Å². The van der Waals surface area contributed by atoms with Gasteiger partial charge in [0.25, 0.3) is 0 Å². The Labute approximate surface area is 61.0 Å². The average Bonchev–Trinajstić information content (AvgIpc) is 2.23. The van der Waals surface area contributed by atoms with Gasteiger partial charge in [0.1, 0.15) is 0 Å². The number of piperidine rings is 1. The van der Waals surface area contributed by atoms with Gasteiger partial charge in [-0.15, -0.1) is 12.4 Å². The summed E-state index contributed by atoms with van der Waals surface area (Å²) >= 11 is 0. The van der Waals surface area contributed by atoms with Crippen LogP contribution in [0.3, 0.4) is 0 Å². The third kappa shape index (κ3) is 1.07. The first-order valence-electron chi connectivity index (χ1n) is 3.28. The second kappa shape index (κ2) is 2.45. The Kier molecular flexibility index (Phi) is 1.99. The van der Waals surface area contributed by atoms with Gasteiger partial charge in [0.2, 0.25) is 0 Å². The summed E-state index contributed by atoms with van der Waals surface area (Å²) in [6.07, 6.45) is 2.22. The topological polar surface area (TPSA) is 32.3 Å². The summed E-state index contributed by atoms with van der Waals surface area (Å²) in [6, 6.07) is 0.444. The predicted molar refractivity (Wildman–Crippen MR) is 37.8 cm³/mol. The molecule has 1 heterocycles. The number of halogens is 1. The van der Waals surface area contributed by atoms with Crippen molar-refractivity contribution >= 4 is 12.4 Å². The van der Waals surface area contributed by atoms with Crippen LogP contribution in [0.2, 0.25) is 0 Å². The minimum absolute atomic E-state index is 0. The average molecular weight is 150 g/mol. The van der Waals surface area contributed by atoms with Crippen LogP contribution >= 0.6 is 12.4 Å². The number of rotatable bonds is 0.